The zero-order valence-corrected chi connectivity index (χ0v) is 13.0. The van der Waals surface area contributed by atoms with Gasteiger partial charge in [0.05, 0.1) is 4.47 Å². The van der Waals surface area contributed by atoms with Gasteiger partial charge in [-0.3, -0.25) is 0 Å². The van der Waals surface area contributed by atoms with Crippen LogP contribution >= 0.6 is 31.9 Å². The Morgan fingerprint density at radius 1 is 1.11 bits per heavy atom. The summed E-state index contributed by atoms with van der Waals surface area (Å²) in [5, 5.41) is 3.30. The molecule has 0 amide bonds. The van der Waals surface area contributed by atoms with Gasteiger partial charge in [0, 0.05) is 16.7 Å². The smallest absolute Gasteiger partial charge is 0.137 e. The Morgan fingerprint density at radius 2 is 1.78 bits per heavy atom. The van der Waals surface area contributed by atoms with Gasteiger partial charge in [-0.05, 0) is 58.2 Å². The number of benzene rings is 2. The van der Waals surface area contributed by atoms with Crippen molar-refractivity contribution in [2.75, 3.05) is 5.32 Å². The summed E-state index contributed by atoms with van der Waals surface area (Å²) >= 11 is 6.60. The lowest BCUT2D eigenvalue weighted by Crippen LogP contribution is -2.01. The average molecular weight is 373 g/mol. The number of rotatable bonds is 3. The summed E-state index contributed by atoms with van der Waals surface area (Å²) in [5.41, 5.74) is 3.01. The average Bonchev–Trinajstić information content (AvgIpc) is 2.34. The van der Waals surface area contributed by atoms with Crippen LogP contribution in [0.3, 0.4) is 0 Å². The van der Waals surface area contributed by atoms with Crippen molar-refractivity contribution in [3.05, 3.63) is 62.3 Å². The fourth-order valence-electron chi connectivity index (χ4n) is 1.64. The fourth-order valence-corrected chi connectivity index (χ4v) is 2.24. The molecule has 0 fully saturated rings. The van der Waals surface area contributed by atoms with Gasteiger partial charge in [-0.15, -0.1) is 0 Å². The lowest BCUT2D eigenvalue weighted by molar-refractivity contribution is 0.620. The van der Waals surface area contributed by atoms with Crippen LogP contribution in [0, 0.1) is 12.7 Å². The Bertz CT molecular complexity index is 552. The Morgan fingerprint density at radius 3 is 2.44 bits per heavy atom. The molecule has 0 atom stereocenters. The molecule has 4 heteroatoms. The fraction of sp³-hybridized carbons (Fsp3) is 0.143. The predicted molar refractivity (Wildman–Crippen MR) is 80.3 cm³/mol. The minimum atomic E-state index is -0.235. The lowest BCUT2D eigenvalue weighted by atomic mass is 10.1. The molecule has 0 radical (unpaired) electrons. The van der Waals surface area contributed by atoms with E-state index in [2.05, 4.69) is 37.2 Å². The first kappa shape index (κ1) is 13.6. The molecule has 0 aliphatic carbocycles. The van der Waals surface area contributed by atoms with Crippen LogP contribution in [0.2, 0.25) is 0 Å². The standard InChI is InChI=1S/C14H12Br2FN/c1-9-6-13(17)12(16)7-14(9)18-8-10-2-4-11(15)5-3-10/h2-7,18H,8H2,1H3. The van der Waals surface area contributed by atoms with E-state index in [1.165, 1.54) is 11.6 Å². The Labute approximate surface area is 123 Å². The van der Waals surface area contributed by atoms with Crippen LogP contribution in [-0.4, -0.2) is 0 Å². The second kappa shape index (κ2) is 5.85. The molecule has 0 saturated carbocycles. The van der Waals surface area contributed by atoms with Gasteiger partial charge in [-0.25, -0.2) is 4.39 Å². The SMILES string of the molecule is Cc1cc(F)c(Br)cc1NCc1ccc(Br)cc1. The van der Waals surface area contributed by atoms with E-state index in [0.29, 0.717) is 11.0 Å². The normalized spacial score (nSPS) is 10.4. The second-order valence-corrected chi connectivity index (χ2v) is 5.83. The summed E-state index contributed by atoms with van der Waals surface area (Å²) in [6.45, 7) is 2.60. The summed E-state index contributed by atoms with van der Waals surface area (Å²) < 4.78 is 14.8. The van der Waals surface area contributed by atoms with Crippen molar-refractivity contribution in [2.45, 2.75) is 13.5 Å². The van der Waals surface area contributed by atoms with Gasteiger partial charge in [-0.1, -0.05) is 28.1 Å². The number of nitrogens with one attached hydrogen (secondary N) is 1. The highest BCUT2D eigenvalue weighted by Crippen LogP contribution is 2.24. The van der Waals surface area contributed by atoms with E-state index in [-0.39, 0.29) is 5.82 Å². The molecule has 1 nitrogen and oxygen atoms in total. The first-order valence-electron chi connectivity index (χ1n) is 5.50. The van der Waals surface area contributed by atoms with Gasteiger partial charge in [0.2, 0.25) is 0 Å². The van der Waals surface area contributed by atoms with Crippen molar-refractivity contribution in [3.63, 3.8) is 0 Å². The lowest BCUT2D eigenvalue weighted by Gasteiger charge is -2.11. The van der Waals surface area contributed by atoms with Crippen LogP contribution < -0.4 is 5.32 Å². The Balaban J connectivity index is 2.10. The van der Waals surface area contributed by atoms with Crippen molar-refractivity contribution >= 4 is 37.5 Å². The van der Waals surface area contributed by atoms with Crippen LogP contribution in [0.15, 0.2) is 45.3 Å². The molecule has 94 valence electrons. The van der Waals surface area contributed by atoms with Gasteiger partial charge in [0.15, 0.2) is 0 Å². The van der Waals surface area contributed by atoms with Crippen molar-refractivity contribution in [1.29, 1.82) is 0 Å². The van der Waals surface area contributed by atoms with Crippen molar-refractivity contribution in [3.8, 4) is 0 Å². The molecule has 2 rings (SSSR count). The summed E-state index contributed by atoms with van der Waals surface area (Å²) in [4.78, 5) is 0. The van der Waals surface area contributed by atoms with E-state index >= 15 is 0 Å². The second-order valence-electron chi connectivity index (χ2n) is 4.06. The quantitative estimate of drug-likeness (QED) is 0.773. The number of aryl methyl sites for hydroxylation is 1. The predicted octanol–water partition coefficient (Wildman–Crippen LogP) is 5.27. The molecule has 0 saturated heterocycles. The van der Waals surface area contributed by atoms with Crippen LogP contribution in [0.5, 0.6) is 0 Å². The molecule has 2 aromatic carbocycles. The topological polar surface area (TPSA) is 12.0 Å². The van der Waals surface area contributed by atoms with Crippen LogP contribution in [0.1, 0.15) is 11.1 Å². The first-order valence-corrected chi connectivity index (χ1v) is 7.09. The third-order valence-corrected chi connectivity index (χ3v) is 3.80. The minimum absolute atomic E-state index is 0.235. The van der Waals surface area contributed by atoms with E-state index in [9.17, 15) is 4.39 Å². The molecular formula is C14H12Br2FN. The molecule has 0 aliphatic heterocycles. The summed E-state index contributed by atoms with van der Waals surface area (Å²) in [5.74, 6) is -0.235. The monoisotopic (exact) mass is 371 g/mol. The Hall–Kier alpha value is -0.870. The highest BCUT2D eigenvalue weighted by molar-refractivity contribution is 9.10. The van der Waals surface area contributed by atoms with Crippen molar-refractivity contribution < 1.29 is 4.39 Å². The molecule has 0 bridgehead atoms. The number of hydrogen-bond acceptors (Lipinski definition) is 1. The summed E-state index contributed by atoms with van der Waals surface area (Å²) in [6, 6.07) is 11.4. The van der Waals surface area contributed by atoms with Crippen LogP contribution in [-0.2, 0) is 6.54 Å². The number of anilines is 1. The van der Waals surface area contributed by atoms with Gasteiger partial charge in [-0.2, -0.15) is 0 Å². The number of hydrogen-bond donors (Lipinski definition) is 1. The molecule has 0 spiro atoms. The van der Waals surface area contributed by atoms with Gasteiger partial charge >= 0.3 is 0 Å². The molecule has 2 aromatic rings. The maximum Gasteiger partial charge on any atom is 0.137 e. The summed E-state index contributed by atoms with van der Waals surface area (Å²) in [6.07, 6.45) is 0. The molecule has 18 heavy (non-hydrogen) atoms. The molecule has 0 unspecified atom stereocenters. The van der Waals surface area contributed by atoms with Crippen molar-refractivity contribution in [2.24, 2.45) is 0 Å². The van der Waals surface area contributed by atoms with E-state index in [1.807, 2.05) is 31.2 Å². The Kier molecular flexibility index (Phi) is 4.40. The molecule has 0 aromatic heterocycles. The van der Waals surface area contributed by atoms with E-state index in [1.54, 1.807) is 6.07 Å². The third-order valence-electron chi connectivity index (χ3n) is 2.66. The van der Waals surface area contributed by atoms with Gasteiger partial charge in [0.1, 0.15) is 5.82 Å². The highest BCUT2D eigenvalue weighted by Gasteiger charge is 2.04. The molecule has 1 N–H and O–H groups in total. The third kappa shape index (κ3) is 3.33. The largest absolute Gasteiger partial charge is 0.381 e. The zero-order valence-electron chi connectivity index (χ0n) is 9.81. The van der Waals surface area contributed by atoms with E-state index in [4.69, 9.17) is 0 Å². The maximum absolute atomic E-state index is 13.3. The van der Waals surface area contributed by atoms with Crippen LogP contribution in [0.4, 0.5) is 10.1 Å². The number of halogens is 3. The minimum Gasteiger partial charge on any atom is -0.381 e. The van der Waals surface area contributed by atoms with Crippen molar-refractivity contribution in [1.82, 2.24) is 0 Å². The highest BCUT2D eigenvalue weighted by atomic mass is 79.9. The van der Waals surface area contributed by atoms with Gasteiger partial charge in [0.25, 0.3) is 0 Å². The molecule has 0 heterocycles. The van der Waals surface area contributed by atoms with E-state index in [0.717, 1.165) is 15.7 Å². The van der Waals surface area contributed by atoms with Crippen LogP contribution in [0.25, 0.3) is 0 Å². The molecule has 0 aliphatic rings. The maximum atomic E-state index is 13.3. The first-order chi connectivity index (χ1) is 8.56. The summed E-state index contributed by atoms with van der Waals surface area (Å²) in [7, 11) is 0. The van der Waals surface area contributed by atoms with E-state index < -0.39 is 0 Å². The zero-order chi connectivity index (χ0) is 13.1. The molecular weight excluding hydrogens is 361 g/mol. The van der Waals surface area contributed by atoms with Gasteiger partial charge < -0.3 is 5.32 Å².